The molecule has 0 fully saturated rings. The fourth-order valence-electron chi connectivity index (χ4n) is 1.97. The number of carbonyl (C=O) groups is 1. The summed E-state index contributed by atoms with van der Waals surface area (Å²) in [5, 5.41) is 1.90. The Balaban J connectivity index is 2.55. The van der Waals surface area contributed by atoms with Crippen molar-refractivity contribution in [2.45, 2.75) is 6.92 Å². The maximum absolute atomic E-state index is 12.6. The van der Waals surface area contributed by atoms with Gasteiger partial charge >= 0.3 is 0 Å². The van der Waals surface area contributed by atoms with E-state index in [2.05, 4.69) is 0 Å². The Kier molecular flexibility index (Phi) is 4.29. The van der Waals surface area contributed by atoms with Gasteiger partial charge in [-0.25, -0.2) is 0 Å². The van der Waals surface area contributed by atoms with Gasteiger partial charge in [0, 0.05) is 16.5 Å². The number of benzene rings is 1. The van der Waals surface area contributed by atoms with Gasteiger partial charge in [0.2, 0.25) is 0 Å². The fraction of sp³-hybridized carbons (Fsp3) is 0.267. The number of ether oxygens (including phenoxy) is 3. The molecule has 20 heavy (non-hydrogen) atoms. The lowest BCUT2D eigenvalue weighted by atomic mass is 10.0. The molecule has 0 N–H and O–H groups in total. The molecule has 106 valence electrons. The lowest BCUT2D eigenvalue weighted by Crippen LogP contribution is -2.05. The molecule has 0 saturated carbocycles. The summed E-state index contributed by atoms with van der Waals surface area (Å²) in [6.07, 6.45) is 0. The highest BCUT2D eigenvalue weighted by Crippen LogP contribution is 2.36. The minimum absolute atomic E-state index is 0.0819. The zero-order valence-corrected chi connectivity index (χ0v) is 12.7. The van der Waals surface area contributed by atoms with E-state index in [-0.39, 0.29) is 5.78 Å². The Morgan fingerprint density at radius 3 is 2.05 bits per heavy atom. The van der Waals surface area contributed by atoms with Crippen LogP contribution in [0.3, 0.4) is 0 Å². The lowest BCUT2D eigenvalue weighted by molar-refractivity contribution is 0.103. The van der Waals surface area contributed by atoms with Crippen LogP contribution in [-0.2, 0) is 0 Å². The van der Waals surface area contributed by atoms with E-state index in [1.54, 1.807) is 30.6 Å². The van der Waals surface area contributed by atoms with Crippen LogP contribution in [-0.4, -0.2) is 27.1 Å². The van der Waals surface area contributed by atoms with Crippen LogP contribution in [0.25, 0.3) is 0 Å². The molecule has 4 nitrogen and oxygen atoms in total. The van der Waals surface area contributed by atoms with Gasteiger partial charge in [0.1, 0.15) is 5.75 Å². The SMILES string of the molecule is COc1cc(OC)c(C(=O)c2ccsc2C)cc1OC. The molecule has 0 aliphatic rings. The van der Waals surface area contributed by atoms with Gasteiger partial charge < -0.3 is 14.2 Å². The lowest BCUT2D eigenvalue weighted by Gasteiger charge is -2.13. The first-order valence-electron chi connectivity index (χ1n) is 6.01. The minimum atomic E-state index is -0.0819. The highest BCUT2D eigenvalue weighted by atomic mass is 32.1. The molecular weight excluding hydrogens is 276 g/mol. The van der Waals surface area contributed by atoms with Gasteiger partial charge in [-0.05, 0) is 24.4 Å². The number of rotatable bonds is 5. The topological polar surface area (TPSA) is 44.8 Å². The summed E-state index contributed by atoms with van der Waals surface area (Å²) in [5.41, 5.74) is 1.15. The van der Waals surface area contributed by atoms with E-state index in [0.717, 1.165) is 4.88 Å². The van der Waals surface area contributed by atoms with E-state index >= 15 is 0 Å². The maximum Gasteiger partial charge on any atom is 0.197 e. The highest BCUT2D eigenvalue weighted by Gasteiger charge is 2.20. The molecule has 0 amide bonds. The van der Waals surface area contributed by atoms with Crippen LogP contribution in [0.2, 0.25) is 0 Å². The third-order valence-electron chi connectivity index (χ3n) is 3.05. The summed E-state index contributed by atoms with van der Waals surface area (Å²) in [7, 11) is 4.61. The van der Waals surface area contributed by atoms with Gasteiger partial charge in [0.05, 0.1) is 26.9 Å². The number of methoxy groups -OCH3 is 3. The van der Waals surface area contributed by atoms with E-state index in [4.69, 9.17) is 14.2 Å². The van der Waals surface area contributed by atoms with Gasteiger partial charge in [-0.3, -0.25) is 4.79 Å². The van der Waals surface area contributed by atoms with Gasteiger partial charge in [-0.2, -0.15) is 0 Å². The average Bonchev–Trinajstić information content (AvgIpc) is 2.91. The maximum atomic E-state index is 12.6. The molecule has 0 unspecified atom stereocenters. The van der Waals surface area contributed by atoms with Crippen molar-refractivity contribution in [2.75, 3.05) is 21.3 Å². The van der Waals surface area contributed by atoms with E-state index < -0.39 is 0 Å². The van der Waals surface area contributed by atoms with Crippen molar-refractivity contribution in [3.8, 4) is 17.2 Å². The van der Waals surface area contributed by atoms with Gasteiger partial charge in [0.25, 0.3) is 0 Å². The monoisotopic (exact) mass is 292 g/mol. The van der Waals surface area contributed by atoms with Crippen LogP contribution in [0, 0.1) is 6.92 Å². The summed E-state index contributed by atoms with van der Waals surface area (Å²) in [5.74, 6) is 1.42. The first-order chi connectivity index (χ1) is 9.62. The molecule has 0 spiro atoms. The van der Waals surface area contributed by atoms with Crippen molar-refractivity contribution < 1.29 is 19.0 Å². The molecule has 2 rings (SSSR count). The first-order valence-corrected chi connectivity index (χ1v) is 6.89. The van der Waals surface area contributed by atoms with Gasteiger partial charge in [-0.15, -0.1) is 11.3 Å². The van der Waals surface area contributed by atoms with Gasteiger partial charge in [0.15, 0.2) is 17.3 Å². The Labute approximate surface area is 121 Å². The second-order valence-corrected chi connectivity index (χ2v) is 5.25. The van der Waals surface area contributed by atoms with E-state index in [1.807, 2.05) is 18.4 Å². The third kappa shape index (κ3) is 2.49. The molecule has 1 aromatic carbocycles. The molecule has 2 aromatic rings. The second kappa shape index (κ2) is 5.96. The molecule has 0 saturated heterocycles. The van der Waals surface area contributed by atoms with Crippen molar-refractivity contribution in [1.82, 2.24) is 0 Å². The Hall–Kier alpha value is -2.01. The Morgan fingerprint density at radius 2 is 1.55 bits per heavy atom. The predicted molar refractivity (Wildman–Crippen MR) is 78.6 cm³/mol. The molecule has 0 radical (unpaired) electrons. The van der Waals surface area contributed by atoms with Crippen LogP contribution in [0.5, 0.6) is 17.2 Å². The van der Waals surface area contributed by atoms with Crippen LogP contribution in [0.1, 0.15) is 20.8 Å². The van der Waals surface area contributed by atoms with Gasteiger partial charge in [-0.1, -0.05) is 0 Å². The molecule has 5 heteroatoms. The summed E-state index contributed by atoms with van der Waals surface area (Å²) >= 11 is 1.54. The number of hydrogen-bond donors (Lipinski definition) is 0. The zero-order valence-electron chi connectivity index (χ0n) is 11.9. The summed E-state index contributed by atoms with van der Waals surface area (Å²) in [4.78, 5) is 13.6. The van der Waals surface area contributed by atoms with E-state index in [9.17, 15) is 4.79 Å². The summed E-state index contributed by atoms with van der Waals surface area (Å²) in [6.45, 7) is 1.92. The van der Waals surface area contributed by atoms with Crippen LogP contribution in [0.15, 0.2) is 23.6 Å². The minimum Gasteiger partial charge on any atom is -0.496 e. The van der Waals surface area contributed by atoms with Crippen molar-refractivity contribution in [3.05, 3.63) is 39.6 Å². The fourth-order valence-corrected chi connectivity index (χ4v) is 2.67. The molecule has 1 heterocycles. The molecule has 1 aromatic heterocycles. The average molecular weight is 292 g/mol. The highest BCUT2D eigenvalue weighted by molar-refractivity contribution is 7.10. The van der Waals surface area contributed by atoms with Crippen molar-refractivity contribution in [1.29, 1.82) is 0 Å². The van der Waals surface area contributed by atoms with Crippen LogP contribution < -0.4 is 14.2 Å². The van der Waals surface area contributed by atoms with Crippen molar-refractivity contribution in [2.24, 2.45) is 0 Å². The Morgan fingerprint density at radius 1 is 0.950 bits per heavy atom. The number of carbonyl (C=O) groups excluding carboxylic acids is 1. The number of aryl methyl sites for hydroxylation is 1. The van der Waals surface area contributed by atoms with Crippen LogP contribution in [0.4, 0.5) is 0 Å². The zero-order chi connectivity index (χ0) is 14.7. The molecule has 0 atom stereocenters. The molecular formula is C15H16O4S. The normalized spacial score (nSPS) is 10.2. The van der Waals surface area contributed by atoms with Crippen molar-refractivity contribution >= 4 is 17.1 Å². The standard InChI is InChI=1S/C15H16O4S/c1-9-10(5-6-20-9)15(16)11-7-13(18-3)14(19-4)8-12(11)17-2/h5-8H,1-4H3. The first kappa shape index (κ1) is 14.4. The smallest absolute Gasteiger partial charge is 0.197 e. The van der Waals surface area contributed by atoms with Crippen LogP contribution >= 0.6 is 11.3 Å². The molecule has 0 aliphatic heterocycles. The number of ketones is 1. The summed E-state index contributed by atoms with van der Waals surface area (Å²) < 4.78 is 15.8. The molecule has 0 bridgehead atoms. The number of thiophene rings is 1. The predicted octanol–water partition coefficient (Wildman–Crippen LogP) is 3.31. The second-order valence-electron chi connectivity index (χ2n) is 4.13. The quantitative estimate of drug-likeness (QED) is 0.793. The Bertz CT molecular complexity index is 631. The van der Waals surface area contributed by atoms with E-state index in [1.165, 1.54) is 14.2 Å². The number of hydrogen-bond acceptors (Lipinski definition) is 5. The van der Waals surface area contributed by atoms with Crippen molar-refractivity contribution in [3.63, 3.8) is 0 Å². The summed E-state index contributed by atoms with van der Waals surface area (Å²) in [6, 6.07) is 5.13. The third-order valence-corrected chi connectivity index (χ3v) is 3.90. The largest absolute Gasteiger partial charge is 0.496 e. The van der Waals surface area contributed by atoms with E-state index in [0.29, 0.717) is 28.4 Å². The molecule has 0 aliphatic carbocycles.